The van der Waals surface area contributed by atoms with Gasteiger partial charge in [0.1, 0.15) is 5.82 Å². The molecule has 9 heteroatoms. The van der Waals surface area contributed by atoms with Crippen molar-refractivity contribution in [1.82, 2.24) is 30.3 Å². The summed E-state index contributed by atoms with van der Waals surface area (Å²) >= 11 is 0. The maximum absolute atomic E-state index is 13.5. The lowest BCUT2D eigenvalue weighted by Crippen LogP contribution is -2.17. The summed E-state index contributed by atoms with van der Waals surface area (Å²) in [5, 5.41) is 13.7. The molecule has 0 aliphatic heterocycles. The van der Waals surface area contributed by atoms with Crippen molar-refractivity contribution in [3.8, 4) is 5.69 Å². The number of halogens is 1. The Balaban J connectivity index is 1.70. The Morgan fingerprint density at radius 2 is 2.00 bits per heavy atom. The Bertz CT molecular complexity index is 1140. The number of benzene rings is 2. The summed E-state index contributed by atoms with van der Waals surface area (Å²) < 4.78 is 15.0. The van der Waals surface area contributed by atoms with Crippen LogP contribution >= 0.6 is 0 Å². The van der Waals surface area contributed by atoms with Crippen LogP contribution in [0.4, 0.5) is 16.0 Å². The van der Waals surface area contributed by atoms with E-state index in [1.807, 2.05) is 0 Å². The summed E-state index contributed by atoms with van der Waals surface area (Å²) in [6.45, 7) is 0. The zero-order chi connectivity index (χ0) is 18.8. The molecular weight excluding hydrogens is 349 g/mol. The summed E-state index contributed by atoms with van der Waals surface area (Å²) in [5.74, 6) is -0.269. The minimum absolute atomic E-state index is 0.191. The summed E-state index contributed by atoms with van der Waals surface area (Å²) in [4.78, 5) is 20.4. The van der Waals surface area contributed by atoms with Crippen molar-refractivity contribution < 1.29 is 9.18 Å². The van der Waals surface area contributed by atoms with Crippen LogP contribution in [-0.4, -0.2) is 37.9 Å². The van der Waals surface area contributed by atoms with Gasteiger partial charge in [0.2, 0.25) is 5.95 Å². The van der Waals surface area contributed by atoms with Crippen molar-refractivity contribution in [2.75, 3.05) is 12.4 Å². The number of aromatic nitrogens is 5. The molecule has 0 radical (unpaired) electrons. The number of nitrogens with one attached hydrogen (secondary N) is 2. The minimum atomic E-state index is -0.380. The highest BCUT2D eigenvalue weighted by atomic mass is 19.1. The van der Waals surface area contributed by atoms with Crippen LogP contribution in [0.5, 0.6) is 0 Å². The van der Waals surface area contributed by atoms with Gasteiger partial charge in [0.05, 0.1) is 11.9 Å². The van der Waals surface area contributed by atoms with Gasteiger partial charge in [-0.2, -0.15) is 9.67 Å². The Hall–Kier alpha value is -3.88. The van der Waals surface area contributed by atoms with Gasteiger partial charge in [0.25, 0.3) is 5.91 Å². The Morgan fingerprint density at radius 3 is 2.81 bits per heavy atom. The fraction of sp³-hybridized carbons (Fsp3) is 0.0556. The average Bonchev–Trinajstić information content (AvgIpc) is 3.11. The van der Waals surface area contributed by atoms with Gasteiger partial charge < -0.3 is 10.6 Å². The molecule has 2 N–H and O–H groups in total. The van der Waals surface area contributed by atoms with Gasteiger partial charge in [-0.15, -0.1) is 5.10 Å². The van der Waals surface area contributed by atoms with Crippen molar-refractivity contribution in [3.63, 3.8) is 0 Å². The largest absolute Gasteiger partial charge is 0.355 e. The molecule has 4 rings (SSSR count). The summed E-state index contributed by atoms with van der Waals surface area (Å²) in [6, 6.07) is 12.9. The first-order valence-electron chi connectivity index (χ1n) is 8.07. The lowest BCUT2D eigenvalue weighted by Gasteiger charge is -2.07. The van der Waals surface area contributed by atoms with Crippen molar-refractivity contribution in [3.05, 3.63) is 66.1 Å². The van der Waals surface area contributed by atoms with Gasteiger partial charge >= 0.3 is 0 Å². The van der Waals surface area contributed by atoms with Crippen LogP contribution < -0.4 is 10.6 Å². The fourth-order valence-corrected chi connectivity index (χ4v) is 2.58. The van der Waals surface area contributed by atoms with Gasteiger partial charge in [-0.05, 0) is 36.4 Å². The van der Waals surface area contributed by atoms with Crippen molar-refractivity contribution in [1.29, 1.82) is 0 Å². The second-order valence-corrected chi connectivity index (χ2v) is 5.67. The number of anilines is 2. The summed E-state index contributed by atoms with van der Waals surface area (Å²) in [5.41, 5.74) is 2.57. The molecule has 2 aromatic heterocycles. The van der Waals surface area contributed by atoms with Crippen LogP contribution in [0.2, 0.25) is 0 Å². The molecule has 0 aliphatic carbocycles. The normalized spacial score (nSPS) is 10.7. The van der Waals surface area contributed by atoms with Gasteiger partial charge in [0.15, 0.2) is 11.2 Å². The van der Waals surface area contributed by atoms with Crippen LogP contribution in [0.3, 0.4) is 0 Å². The second kappa shape index (κ2) is 6.79. The van der Waals surface area contributed by atoms with Gasteiger partial charge in [0, 0.05) is 18.3 Å². The van der Waals surface area contributed by atoms with E-state index in [0.717, 1.165) is 0 Å². The molecule has 0 unspecified atom stereocenters. The minimum Gasteiger partial charge on any atom is -0.355 e. The highest BCUT2D eigenvalue weighted by Crippen LogP contribution is 2.19. The number of carbonyl (C=O) groups is 1. The molecule has 1 amide bonds. The third kappa shape index (κ3) is 3.30. The predicted octanol–water partition coefficient (Wildman–Crippen LogP) is 2.45. The molecule has 0 aliphatic rings. The van der Waals surface area contributed by atoms with Crippen LogP contribution in [0, 0.1) is 5.82 Å². The lowest BCUT2D eigenvalue weighted by atomic mass is 10.2. The van der Waals surface area contributed by atoms with Gasteiger partial charge in [-0.25, -0.2) is 9.37 Å². The van der Waals surface area contributed by atoms with Crippen LogP contribution in [0.1, 0.15) is 10.4 Å². The molecule has 2 heterocycles. The Labute approximate surface area is 153 Å². The van der Waals surface area contributed by atoms with E-state index in [2.05, 4.69) is 30.9 Å². The molecule has 0 spiro atoms. The van der Waals surface area contributed by atoms with Crippen molar-refractivity contribution in [2.24, 2.45) is 0 Å². The molecule has 0 fully saturated rings. The molecule has 0 bridgehead atoms. The smallest absolute Gasteiger partial charge is 0.251 e. The number of carbonyl (C=O) groups excluding carboxylic acids is 1. The van der Waals surface area contributed by atoms with E-state index in [1.54, 1.807) is 43.4 Å². The third-order valence-electron chi connectivity index (χ3n) is 3.85. The second-order valence-electron chi connectivity index (χ2n) is 5.67. The van der Waals surface area contributed by atoms with Gasteiger partial charge in [-0.1, -0.05) is 17.3 Å². The quantitative estimate of drug-likeness (QED) is 0.578. The first kappa shape index (κ1) is 16.6. The lowest BCUT2D eigenvalue weighted by molar-refractivity contribution is 0.0963. The fourth-order valence-electron chi connectivity index (χ4n) is 2.58. The number of amides is 1. The number of hydrogen-bond donors (Lipinski definition) is 2. The molecule has 8 nitrogen and oxygen atoms in total. The third-order valence-corrected chi connectivity index (χ3v) is 3.85. The average molecular weight is 363 g/mol. The van der Waals surface area contributed by atoms with E-state index in [0.29, 0.717) is 34.1 Å². The van der Waals surface area contributed by atoms with E-state index in [1.165, 1.54) is 23.0 Å². The number of fused-ring (bicyclic) bond motifs is 1. The molecule has 2 aromatic carbocycles. The van der Waals surface area contributed by atoms with Crippen LogP contribution in [-0.2, 0) is 0 Å². The number of rotatable bonds is 4. The number of hydrogen-bond acceptors (Lipinski definition) is 6. The SMILES string of the molecule is CNC(=O)c1cccc(Nc2ncc3nnn(-c4cccc(F)c4)c3n2)c1. The first-order chi connectivity index (χ1) is 13.1. The van der Waals surface area contributed by atoms with E-state index in [-0.39, 0.29) is 11.7 Å². The summed E-state index contributed by atoms with van der Waals surface area (Å²) in [6.07, 6.45) is 1.52. The molecule has 4 aromatic rings. The standard InChI is InChI=1S/C18H14FN7O/c1-20-17(27)11-4-2-6-13(8-11)22-18-21-10-15-16(23-18)26(25-24-15)14-7-3-5-12(19)9-14/h2-10H,1H3,(H,20,27)(H,21,22,23). The van der Waals surface area contributed by atoms with Crippen molar-refractivity contribution in [2.45, 2.75) is 0 Å². The van der Waals surface area contributed by atoms with Crippen LogP contribution in [0.25, 0.3) is 16.9 Å². The zero-order valence-electron chi connectivity index (χ0n) is 14.2. The van der Waals surface area contributed by atoms with Crippen molar-refractivity contribution >= 4 is 28.7 Å². The molecule has 0 saturated heterocycles. The molecule has 0 saturated carbocycles. The molecule has 134 valence electrons. The van der Waals surface area contributed by atoms with Crippen LogP contribution in [0.15, 0.2) is 54.7 Å². The highest BCUT2D eigenvalue weighted by molar-refractivity contribution is 5.95. The van der Waals surface area contributed by atoms with E-state index < -0.39 is 0 Å². The highest BCUT2D eigenvalue weighted by Gasteiger charge is 2.11. The van der Waals surface area contributed by atoms with E-state index in [9.17, 15) is 9.18 Å². The molecule has 27 heavy (non-hydrogen) atoms. The van der Waals surface area contributed by atoms with Gasteiger partial charge in [-0.3, -0.25) is 4.79 Å². The maximum atomic E-state index is 13.5. The topological polar surface area (TPSA) is 97.6 Å². The predicted molar refractivity (Wildman–Crippen MR) is 97.5 cm³/mol. The monoisotopic (exact) mass is 363 g/mol. The zero-order valence-corrected chi connectivity index (χ0v) is 14.2. The van der Waals surface area contributed by atoms with E-state index >= 15 is 0 Å². The summed E-state index contributed by atoms with van der Waals surface area (Å²) in [7, 11) is 1.57. The molecule has 0 atom stereocenters. The maximum Gasteiger partial charge on any atom is 0.251 e. The molecular formula is C18H14FN7O. The Kier molecular flexibility index (Phi) is 4.17. The Morgan fingerprint density at radius 1 is 1.15 bits per heavy atom. The first-order valence-corrected chi connectivity index (χ1v) is 8.07. The number of nitrogens with zero attached hydrogens (tertiary/aromatic N) is 5. The van der Waals surface area contributed by atoms with E-state index in [4.69, 9.17) is 0 Å².